The van der Waals surface area contributed by atoms with E-state index in [2.05, 4.69) is 5.10 Å². The van der Waals surface area contributed by atoms with E-state index >= 15 is 0 Å². The number of hydrogen-bond acceptors (Lipinski definition) is 8. The third-order valence-corrected chi connectivity index (χ3v) is 6.11. The molecule has 2 unspecified atom stereocenters. The SMILES string of the molecule is COC(=O)C1CCCC(C(=O)OC(C)(C)C)(N(Cn2ncc3c(O)cccc32)C(=O)OC(C)(C)C)C1. The predicted molar refractivity (Wildman–Crippen MR) is 132 cm³/mol. The van der Waals surface area contributed by atoms with Gasteiger partial charge in [0.1, 0.15) is 29.2 Å². The molecule has 10 heteroatoms. The number of benzene rings is 1. The smallest absolute Gasteiger partial charge is 0.412 e. The molecule has 198 valence electrons. The normalized spacial score (nSPS) is 20.6. The Morgan fingerprint density at radius 2 is 1.81 bits per heavy atom. The van der Waals surface area contributed by atoms with Crippen molar-refractivity contribution in [2.24, 2.45) is 5.92 Å². The molecule has 0 aliphatic heterocycles. The molecule has 3 rings (SSSR count). The van der Waals surface area contributed by atoms with Crippen LogP contribution in [0.3, 0.4) is 0 Å². The van der Waals surface area contributed by atoms with Crippen molar-refractivity contribution in [2.45, 2.75) is 90.6 Å². The molecule has 1 fully saturated rings. The maximum atomic E-state index is 13.9. The maximum Gasteiger partial charge on any atom is 0.412 e. The van der Waals surface area contributed by atoms with Gasteiger partial charge in [-0.2, -0.15) is 5.10 Å². The Labute approximate surface area is 211 Å². The number of amides is 1. The Morgan fingerprint density at radius 3 is 2.42 bits per heavy atom. The maximum absolute atomic E-state index is 13.9. The van der Waals surface area contributed by atoms with Crippen LogP contribution < -0.4 is 0 Å². The Kier molecular flexibility index (Phi) is 7.57. The zero-order valence-corrected chi connectivity index (χ0v) is 22.2. The molecule has 2 aromatic rings. The van der Waals surface area contributed by atoms with Gasteiger partial charge in [0.05, 0.1) is 30.1 Å². The van der Waals surface area contributed by atoms with Crippen LogP contribution in [-0.2, 0) is 30.5 Å². The van der Waals surface area contributed by atoms with Gasteiger partial charge < -0.3 is 19.3 Å². The zero-order chi connectivity index (χ0) is 26.9. The van der Waals surface area contributed by atoms with Gasteiger partial charge in [0.15, 0.2) is 0 Å². The molecule has 1 amide bonds. The van der Waals surface area contributed by atoms with Gasteiger partial charge in [-0.1, -0.05) is 6.07 Å². The summed E-state index contributed by atoms with van der Waals surface area (Å²) in [7, 11) is 1.31. The fourth-order valence-corrected chi connectivity index (χ4v) is 4.55. The molecule has 1 aromatic carbocycles. The van der Waals surface area contributed by atoms with Crippen LogP contribution in [0.1, 0.15) is 67.2 Å². The average Bonchev–Trinajstić information content (AvgIpc) is 3.18. The number of phenols is 1. The Morgan fingerprint density at radius 1 is 1.14 bits per heavy atom. The van der Waals surface area contributed by atoms with E-state index in [0.717, 1.165) is 0 Å². The summed E-state index contributed by atoms with van der Waals surface area (Å²) in [5.41, 5.74) is -2.60. The molecule has 10 nitrogen and oxygen atoms in total. The molecule has 1 N–H and O–H groups in total. The number of ether oxygens (including phenoxy) is 3. The summed E-state index contributed by atoms with van der Waals surface area (Å²) >= 11 is 0. The van der Waals surface area contributed by atoms with Gasteiger partial charge in [0.25, 0.3) is 0 Å². The molecule has 0 spiro atoms. The van der Waals surface area contributed by atoms with Crippen molar-refractivity contribution in [1.29, 1.82) is 0 Å². The van der Waals surface area contributed by atoms with Crippen LogP contribution in [0.4, 0.5) is 4.79 Å². The van der Waals surface area contributed by atoms with Crippen molar-refractivity contribution in [3.63, 3.8) is 0 Å². The second-order valence-electron chi connectivity index (χ2n) is 11.3. The highest BCUT2D eigenvalue weighted by Gasteiger charge is 2.54. The van der Waals surface area contributed by atoms with Gasteiger partial charge >= 0.3 is 18.0 Å². The molecule has 1 saturated carbocycles. The van der Waals surface area contributed by atoms with E-state index in [1.165, 1.54) is 22.9 Å². The average molecular weight is 504 g/mol. The topological polar surface area (TPSA) is 120 Å². The second kappa shape index (κ2) is 9.99. The lowest BCUT2D eigenvalue weighted by atomic mass is 9.74. The first-order valence-corrected chi connectivity index (χ1v) is 12.1. The number of hydrogen-bond donors (Lipinski definition) is 1. The van der Waals surface area contributed by atoms with Crippen molar-refractivity contribution in [1.82, 2.24) is 14.7 Å². The minimum absolute atomic E-state index is 0.0261. The lowest BCUT2D eigenvalue weighted by molar-refractivity contribution is -0.176. The summed E-state index contributed by atoms with van der Waals surface area (Å²) in [5, 5.41) is 15.1. The number of esters is 2. The van der Waals surface area contributed by atoms with E-state index in [1.54, 1.807) is 59.7 Å². The number of nitrogens with zero attached hydrogens (tertiary/aromatic N) is 3. The molecule has 1 aliphatic rings. The quantitative estimate of drug-likeness (QED) is 0.471. The minimum atomic E-state index is -1.50. The Hall–Kier alpha value is -3.30. The summed E-state index contributed by atoms with van der Waals surface area (Å²) in [4.78, 5) is 41.4. The van der Waals surface area contributed by atoms with E-state index in [1.807, 2.05) is 0 Å². The lowest BCUT2D eigenvalue weighted by Crippen LogP contribution is -2.62. The number of fused-ring (bicyclic) bond motifs is 1. The van der Waals surface area contributed by atoms with Gasteiger partial charge in [0, 0.05) is 0 Å². The van der Waals surface area contributed by atoms with E-state index in [4.69, 9.17) is 14.2 Å². The highest BCUT2D eigenvalue weighted by atomic mass is 16.6. The number of carbonyl (C=O) groups excluding carboxylic acids is 3. The fourth-order valence-electron chi connectivity index (χ4n) is 4.55. The summed E-state index contributed by atoms with van der Waals surface area (Å²) < 4.78 is 18.1. The molecule has 2 atom stereocenters. The van der Waals surface area contributed by atoms with Crippen LogP contribution in [0.15, 0.2) is 24.4 Å². The van der Waals surface area contributed by atoms with Crippen molar-refractivity contribution >= 4 is 28.9 Å². The van der Waals surface area contributed by atoms with Gasteiger partial charge in [-0.15, -0.1) is 0 Å². The summed E-state index contributed by atoms with van der Waals surface area (Å²) in [6.07, 6.45) is 2.09. The fraction of sp³-hybridized carbons (Fsp3) is 0.615. The standard InChI is InChI=1S/C26H37N3O7/c1-24(2,3)35-22(32)26(13-9-10-17(14-26)21(31)34-7)28(23(33)36-25(4,5)6)16-29-19-11-8-12-20(30)18(19)15-27-29/h8,11-12,15,17,30H,9-10,13-14,16H2,1-7H3. The summed E-state index contributed by atoms with van der Waals surface area (Å²) in [6, 6.07) is 4.98. The van der Waals surface area contributed by atoms with E-state index < -0.39 is 40.7 Å². The van der Waals surface area contributed by atoms with Crippen molar-refractivity contribution in [2.75, 3.05) is 7.11 Å². The van der Waals surface area contributed by atoms with E-state index in [9.17, 15) is 19.5 Å². The predicted octanol–water partition coefficient (Wildman–Crippen LogP) is 4.38. The van der Waals surface area contributed by atoms with Gasteiger partial charge in [0.2, 0.25) is 0 Å². The van der Waals surface area contributed by atoms with Crippen LogP contribution in [0.5, 0.6) is 5.75 Å². The number of carbonyl (C=O) groups is 3. The Bertz CT molecular complexity index is 1130. The van der Waals surface area contributed by atoms with Gasteiger partial charge in [-0.3, -0.25) is 9.69 Å². The first kappa shape index (κ1) is 27.3. The molecule has 0 radical (unpaired) electrons. The molecule has 36 heavy (non-hydrogen) atoms. The summed E-state index contributed by atoms with van der Waals surface area (Å²) in [6.45, 7) is 10.3. The number of rotatable bonds is 5. The number of methoxy groups -OCH3 is 1. The third-order valence-electron chi connectivity index (χ3n) is 6.11. The van der Waals surface area contributed by atoms with Gasteiger partial charge in [-0.25, -0.2) is 14.3 Å². The first-order valence-electron chi connectivity index (χ1n) is 12.1. The molecule has 1 aliphatic carbocycles. The lowest BCUT2D eigenvalue weighted by Gasteiger charge is -2.46. The Balaban J connectivity index is 2.15. The number of aromatic nitrogens is 2. The molecule has 0 saturated heterocycles. The highest BCUT2D eigenvalue weighted by molar-refractivity contribution is 5.88. The molecule has 0 bridgehead atoms. The van der Waals surface area contributed by atoms with E-state index in [-0.39, 0.29) is 25.3 Å². The monoisotopic (exact) mass is 503 g/mol. The largest absolute Gasteiger partial charge is 0.507 e. The van der Waals surface area contributed by atoms with Crippen LogP contribution in [0.25, 0.3) is 10.9 Å². The molecular formula is C26H37N3O7. The number of aromatic hydroxyl groups is 1. The van der Waals surface area contributed by atoms with Crippen LogP contribution in [-0.4, -0.2) is 61.7 Å². The third kappa shape index (κ3) is 5.91. The minimum Gasteiger partial charge on any atom is -0.507 e. The van der Waals surface area contributed by atoms with Crippen molar-refractivity contribution < 1.29 is 33.7 Å². The molecule has 1 heterocycles. The highest BCUT2D eigenvalue weighted by Crippen LogP contribution is 2.41. The van der Waals surface area contributed by atoms with Crippen LogP contribution in [0.2, 0.25) is 0 Å². The zero-order valence-electron chi connectivity index (χ0n) is 22.2. The summed E-state index contributed by atoms with van der Waals surface area (Å²) in [5.74, 6) is -1.61. The van der Waals surface area contributed by atoms with Crippen molar-refractivity contribution in [3.8, 4) is 5.75 Å². The van der Waals surface area contributed by atoms with E-state index in [0.29, 0.717) is 23.7 Å². The van der Waals surface area contributed by atoms with Gasteiger partial charge in [-0.05, 0) is 79.4 Å². The van der Waals surface area contributed by atoms with Crippen LogP contribution in [0, 0.1) is 5.92 Å². The second-order valence-corrected chi connectivity index (χ2v) is 11.3. The van der Waals surface area contributed by atoms with Crippen molar-refractivity contribution in [3.05, 3.63) is 24.4 Å². The first-order chi connectivity index (χ1) is 16.7. The number of phenolic OH excluding ortho intramolecular Hbond substituents is 1. The molecule has 1 aromatic heterocycles. The molecular weight excluding hydrogens is 466 g/mol. The van der Waals surface area contributed by atoms with Crippen LogP contribution >= 0.6 is 0 Å².